The van der Waals surface area contributed by atoms with Crippen molar-refractivity contribution in [2.45, 2.75) is 6.54 Å². The number of hydrogen-bond donors (Lipinski definition) is 0. The first-order valence-electron chi connectivity index (χ1n) is 3.40. The number of fused-ring (bicyclic) bond motifs is 1. The van der Waals surface area contributed by atoms with E-state index >= 15 is 0 Å². The highest BCUT2D eigenvalue weighted by molar-refractivity contribution is 7.06. The van der Waals surface area contributed by atoms with Gasteiger partial charge in [-0.25, -0.2) is 4.37 Å². The molecule has 2 rings (SSSR count). The third kappa shape index (κ3) is 1.07. The summed E-state index contributed by atoms with van der Waals surface area (Å²) in [5.41, 5.74) is 1.29. The molecule has 56 valence electrons. The first-order chi connectivity index (χ1) is 5.40. The van der Waals surface area contributed by atoms with E-state index in [4.69, 9.17) is 0 Å². The average molecular weight is 164 g/mol. The van der Waals surface area contributed by atoms with Gasteiger partial charge in [0.25, 0.3) is 0 Å². The standard InChI is InChI=1S/C8H8N2S/c1-2-10-4-3-8-7(6-10)5-9-11-8/h2-5H,1,6H2. The van der Waals surface area contributed by atoms with Crippen LogP contribution in [-0.4, -0.2) is 9.27 Å². The van der Waals surface area contributed by atoms with Crippen LogP contribution < -0.4 is 0 Å². The molecule has 0 radical (unpaired) electrons. The Morgan fingerprint density at radius 1 is 1.73 bits per heavy atom. The molecule has 0 aromatic carbocycles. The topological polar surface area (TPSA) is 16.1 Å². The van der Waals surface area contributed by atoms with Gasteiger partial charge >= 0.3 is 0 Å². The highest BCUT2D eigenvalue weighted by Gasteiger charge is 2.09. The number of aromatic nitrogens is 1. The molecule has 0 bridgehead atoms. The lowest BCUT2D eigenvalue weighted by Crippen LogP contribution is -2.11. The minimum atomic E-state index is 0.909. The van der Waals surface area contributed by atoms with Crippen LogP contribution in [-0.2, 0) is 6.54 Å². The molecule has 0 saturated heterocycles. The van der Waals surface area contributed by atoms with E-state index in [1.165, 1.54) is 10.4 Å². The zero-order valence-corrected chi connectivity index (χ0v) is 6.84. The van der Waals surface area contributed by atoms with Gasteiger partial charge in [0.05, 0.1) is 4.88 Å². The summed E-state index contributed by atoms with van der Waals surface area (Å²) in [6, 6.07) is 0. The van der Waals surface area contributed by atoms with Gasteiger partial charge in [-0.15, -0.1) is 0 Å². The van der Waals surface area contributed by atoms with Crippen molar-refractivity contribution in [3.05, 3.63) is 35.6 Å². The van der Waals surface area contributed by atoms with E-state index in [9.17, 15) is 0 Å². The van der Waals surface area contributed by atoms with Crippen LogP contribution in [0, 0.1) is 0 Å². The molecule has 1 aromatic rings. The Labute approximate surface area is 69.6 Å². The lowest BCUT2D eigenvalue weighted by atomic mass is 10.2. The molecule has 2 nitrogen and oxygen atoms in total. The van der Waals surface area contributed by atoms with Gasteiger partial charge in [-0.05, 0) is 23.8 Å². The van der Waals surface area contributed by atoms with Crippen LogP contribution in [0.1, 0.15) is 10.4 Å². The zero-order chi connectivity index (χ0) is 7.68. The van der Waals surface area contributed by atoms with Crippen LogP contribution in [0.2, 0.25) is 0 Å². The summed E-state index contributed by atoms with van der Waals surface area (Å²) in [6.45, 7) is 4.61. The van der Waals surface area contributed by atoms with Crippen LogP contribution in [0.5, 0.6) is 0 Å². The summed E-state index contributed by atoms with van der Waals surface area (Å²) in [6.07, 6.45) is 7.82. The Morgan fingerprint density at radius 3 is 3.45 bits per heavy atom. The van der Waals surface area contributed by atoms with Crippen molar-refractivity contribution in [2.75, 3.05) is 0 Å². The molecule has 1 aliphatic rings. The summed E-state index contributed by atoms with van der Waals surface area (Å²) in [5, 5.41) is 0. The monoisotopic (exact) mass is 164 g/mol. The molecule has 0 N–H and O–H groups in total. The molecule has 0 aliphatic carbocycles. The van der Waals surface area contributed by atoms with E-state index in [2.05, 4.69) is 17.0 Å². The molecule has 1 aromatic heterocycles. The Bertz CT molecular complexity index is 301. The van der Waals surface area contributed by atoms with E-state index in [0.29, 0.717) is 0 Å². The summed E-state index contributed by atoms with van der Waals surface area (Å²) < 4.78 is 4.10. The largest absolute Gasteiger partial charge is 0.350 e. The minimum absolute atomic E-state index is 0.909. The van der Waals surface area contributed by atoms with Crippen LogP contribution in [0.3, 0.4) is 0 Å². The van der Waals surface area contributed by atoms with Gasteiger partial charge in [0, 0.05) is 24.5 Å². The maximum Gasteiger partial charge on any atom is 0.0542 e. The van der Waals surface area contributed by atoms with E-state index in [0.717, 1.165) is 6.54 Å². The maximum absolute atomic E-state index is 4.10. The lowest BCUT2D eigenvalue weighted by Gasteiger charge is -2.17. The third-order valence-corrected chi connectivity index (χ3v) is 2.49. The SMILES string of the molecule is C=CN1C=Cc2sncc2C1. The molecular formula is C8H8N2S. The maximum atomic E-state index is 4.10. The Kier molecular flexibility index (Phi) is 1.51. The fraction of sp³-hybridized carbons (Fsp3) is 0.125. The van der Waals surface area contributed by atoms with E-state index in [1.54, 1.807) is 11.5 Å². The van der Waals surface area contributed by atoms with E-state index in [-0.39, 0.29) is 0 Å². The molecule has 11 heavy (non-hydrogen) atoms. The fourth-order valence-electron chi connectivity index (χ4n) is 1.06. The van der Waals surface area contributed by atoms with Crippen LogP contribution in [0.4, 0.5) is 0 Å². The van der Waals surface area contributed by atoms with Gasteiger partial charge < -0.3 is 4.90 Å². The highest BCUT2D eigenvalue weighted by atomic mass is 32.1. The number of hydrogen-bond acceptors (Lipinski definition) is 3. The van der Waals surface area contributed by atoms with Crippen molar-refractivity contribution < 1.29 is 0 Å². The Morgan fingerprint density at radius 2 is 2.64 bits per heavy atom. The smallest absolute Gasteiger partial charge is 0.0542 e. The number of rotatable bonds is 1. The normalized spacial score (nSPS) is 14.7. The van der Waals surface area contributed by atoms with Crippen molar-refractivity contribution >= 4 is 17.6 Å². The second kappa shape index (κ2) is 2.51. The molecule has 1 aliphatic heterocycles. The highest BCUT2D eigenvalue weighted by Crippen LogP contribution is 2.22. The van der Waals surface area contributed by atoms with Gasteiger partial charge in [-0.3, -0.25) is 0 Å². The van der Waals surface area contributed by atoms with E-state index < -0.39 is 0 Å². The molecule has 0 spiro atoms. The van der Waals surface area contributed by atoms with Gasteiger partial charge in [-0.1, -0.05) is 6.58 Å². The first kappa shape index (κ1) is 6.61. The van der Waals surface area contributed by atoms with Crippen LogP contribution >= 0.6 is 11.5 Å². The molecule has 0 unspecified atom stereocenters. The minimum Gasteiger partial charge on any atom is -0.350 e. The molecule has 0 fully saturated rings. The van der Waals surface area contributed by atoms with Crippen LogP contribution in [0.15, 0.2) is 25.2 Å². The predicted molar refractivity (Wildman–Crippen MR) is 46.9 cm³/mol. The van der Waals surface area contributed by atoms with E-state index in [1.807, 2.05) is 23.5 Å². The van der Waals surface area contributed by atoms with Crippen molar-refractivity contribution in [3.8, 4) is 0 Å². The Hall–Kier alpha value is -1.09. The molecule has 0 saturated carbocycles. The van der Waals surface area contributed by atoms with Gasteiger partial charge in [0.1, 0.15) is 0 Å². The van der Waals surface area contributed by atoms with Crippen molar-refractivity contribution in [2.24, 2.45) is 0 Å². The number of nitrogens with zero attached hydrogens (tertiary/aromatic N) is 2. The molecule has 2 heterocycles. The van der Waals surface area contributed by atoms with Crippen molar-refractivity contribution in [3.63, 3.8) is 0 Å². The summed E-state index contributed by atoms with van der Waals surface area (Å²) in [7, 11) is 0. The van der Waals surface area contributed by atoms with Crippen LogP contribution in [0.25, 0.3) is 6.08 Å². The third-order valence-electron chi connectivity index (χ3n) is 1.68. The lowest BCUT2D eigenvalue weighted by molar-refractivity contribution is 0.500. The van der Waals surface area contributed by atoms with Crippen molar-refractivity contribution in [1.82, 2.24) is 9.27 Å². The first-order valence-corrected chi connectivity index (χ1v) is 4.17. The zero-order valence-electron chi connectivity index (χ0n) is 6.03. The summed E-state index contributed by atoms with van der Waals surface area (Å²) in [4.78, 5) is 3.31. The second-order valence-corrected chi connectivity index (χ2v) is 3.22. The average Bonchev–Trinajstić information content (AvgIpc) is 2.50. The van der Waals surface area contributed by atoms with Gasteiger partial charge in [-0.2, -0.15) is 0 Å². The predicted octanol–water partition coefficient (Wildman–Crippen LogP) is 2.07. The second-order valence-electron chi connectivity index (χ2n) is 2.39. The Balaban J connectivity index is 2.35. The molecule has 0 atom stereocenters. The van der Waals surface area contributed by atoms with Crippen molar-refractivity contribution in [1.29, 1.82) is 0 Å². The van der Waals surface area contributed by atoms with Gasteiger partial charge in [0.2, 0.25) is 0 Å². The summed E-state index contributed by atoms with van der Waals surface area (Å²) >= 11 is 1.54. The molecule has 0 amide bonds. The fourth-order valence-corrected chi connectivity index (χ4v) is 1.71. The quantitative estimate of drug-likeness (QED) is 0.631. The summed E-state index contributed by atoms with van der Waals surface area (Å²) in [5.74, 6) is 0. The van der Waals surface area contributed by atoms with Gasteiger partial charge in [0.15, 0.2) is 0 Å². The molecule has 3 heteroatoms. The molecular weight excluding hydrogens is 156 g/mol.